The first-order valence-electron chi connectivity index (χ1n) is 5.77. The number of sulfonamides is 1. The van der Waals surface area contributed by atoms with Crippen LogP contribution in [0.2, 0.25) is 0 Å². The van der Waals surface area contributed by atoms with Gasteiger partial charge in [0.25, 0.3) is 10.0 Å². The molecule has 1 aromatic carbocycles. The van der Waals surface area contributed by atoms with E-state index >= 15 is 0 Å². The number of hydrogen-bond donors (Lipinski definition) is 3. The quantitative estimate of drug-likeness (QED) is 0.451. The average molecular weight is 338 g/mol. The first-order chi connectivity index (χ1) is 10.1. The van der Waals surface area contributed by atoms with Gasteiger partial charge >= 0.3 is 0 Å². The number of hydrazine groups is 1. The number of anilines is 1. The van der Waals surface area contributed by atoms with Crippen LogP contribution in [0.4, 0.5) is 23.2 Å². The summed E-state index contributed by atoms with van der Waals surface area (Å²) in [7, 11) is -4.27. The Kier molecular flexibility index (Phi) is 4.11. The minimum absolute atomic E-state index is 0.00865. The lowest BCUT2D eigenvalue weighted by molar-refractivity contribution is 0.457. The topological polar surface area (TPSA) is 86.9 Å². The predicted octanol–water partition coefficient (Wildman–Crippen LogP) is 1.89. The average Bonchev–Trinajstić information content (AvgIpc) is 2.76. The van der Waals surface area contributed by atoms with E-state index in [2.05, 4.69) is 10.2 Å². The van der Waals surface area contributed by atoms with E-state index in [0.29, 0.717) is 0 Å². The second kappa shape index (κ2) is 5.57. The fourth-order valence-electron chi connectivity index (χ4n) is 1.79. The first-order valence-corrected chi connectivity index (χ1v) is 7.26. The third kappa shape index (κ3) is 2.76. The zero-order valence-electron chi connectivity index (χ0n) is 11.3. The van der Waals surface area contributed by atoms with Gasteiger partial charge in [-0.3, -0.25) is 5.10 Å². The molecule has 0 atom stereocenters. The van der Waals surface area contributed by atoms with Gasteiger partial charge in [0.05, 0.1) is 11.4 Å². The van der Waals surface area contributed by atoms with Crippen molar-refractivity contribution in [3.8, 4) is 0 Å². The molecule has 11 heteroatoms. The molecule has 0 bridgehead atoms. The van der Waals surface area contributed by atoms with Crippen molar-refractivity contribution in [2.24, 2.45) is 0 Å². The van der Waals surface area contributed by atoms with E-state index in [9.17, 15) is 26.0 Å². The normalized spacial score (nSPS) is 11.7. The second-order valence-electron chi connectivity index (χ2n) is 4.34. The van der Waals surface area contributed by atoms with Crippen molar-refractivity contribution in [1.29, 1.82) is 0 Å². The Morgan fingerprint density at radius 3 is 2.09 bits per heavy atom. The van der Waals surface area contributed by atoms with Crippen LogP contribution < -0.4 is 10.3 Å². The highest BCUT2D eigenvalue weighted by atomic mass is 32.2. The summed E-state index contributed by atoms with van der Waals surface area (Å²) in [5.41, 5.74) is 0.633. The number of aromatic nitrogens is 2. The molecule has 1 heterocycles. The number of aryl methyl sites for hydroxylation is 2. The summed E-state index contributed by atoms with van der Waals surface area (Å²) in [6, 6.07) is 0.00865. The maximum Gasteiger partial charge on any atom is 0.260 e. The maximum absolute atomic E-state index is 13.4. The van der Waals surface area contributed by atoms with Crippen molar-refractivity contribution in [2.45, 2.75) is 18.7 Å². The van der Waals surface area contributed by atoms with Crippen LogP contribution in [0.1, 0.15) is 11.4 Å². The molecule has 0 unspecified atom stereocenters. The highest BCUT2D eigenvalue weighted by molar-refractivity contribution is 7.89. The van der Waals surface area contributed by atoms with Gasteiger partial charge in [0.15, 0.2) is 23.3 Å². The van der Waals surface area contributed by atoms with Crippen LogP contribution in [0, 0.1) is 37.1 Å². The summed E-state index contributed by atoms with van der Waals surface area (Å²) in [6.07, 6.45) is 0. The molecule has 0 radical (unpaired) electrons. The van der Waals surface area contributed by atoms with Gasteiger partial charge in [-0.2, -0.15) is 5.10 Å². The van der Waals surface area contributed by atoms with Crippen molar-refractivity contribution in [3.05, 3.63) is 40.7 Å². The first kappa shape index (κ1) is 16.2. The number of hydrogen-bond acceptors (Lipinski definition) is 4. The Labute approximate surface area is 122 Å². The summed E-state index contributed by atoms with van der Waals surface area (Å²) in [5, 5.41) is 6.08. The molecule has 2 aromatic rings. The molecule has 0 amide bonds. The summed E-state index contributed by atoms with van der Waals surface area (Å²) < 4.78 is 77.0. The molecule has 3 N–H and O–H groups in total. The lowest BCUT2D eigenvalue weighted by Gasteiger charge is -2.11. The zero-order valence-corrected chi connectivity index (χ0v) is 12.1. The highest BCUT2D eigenvalue weighted by Gasteiger charge is 2.25. The van der Waals surface area contributed by atoms with Crippen molar-refractivity contribution in [1.82, 2.24) is 15.0 Å². The summed E-state index contributed by atoms with van der Waals surface area (Å²) in [4.78, 5) is 1.39. The van der Waals surface area contributed by atoms with Crippen LogP contribution in [0.25, 0.3) is 0 Å². The van der Waals surface area contributed by atoms with Gasteiger partial charge in [0.2, 0.25) is 0 Å². The van der Waals surface area contributed by atoms with Crippen molar-refractivity contribution in [3.63, 3.8) is 0 Å². The lowest BCUT2D eigenvalue weighted by Crippen LogP contribution is -2.31. The molecular formula is C11H10F4N4O2S. The minimum Gasteiger partial charge on any atom is -0.302 e. The lowest BCUT2D eigenvalue weighted by atomic mass is 10.2. The Bertz CT molecular complexity index is 789. The smallest absolute Gasteiger partial charge is 0.260 e. The molecule has 1 aromatic heterocycles. The molecule has 0 aliphatic heterocycles. The van der Waals surface area contributed by atoms with E-state index in [1.165, 1.54) is 13.8 Å². The van der Waals surface area contributed by atoms with Gasteiger partial charge < -0.3 is 5.43 Å². The molecular weight excluding hydrogens is 328 g/mol. The van der Waals surface area contributed by atoms with Crippen LogP contribution in [0.3, 0.4) is 0 Å². The molecule has 2 rings (SSSR count). The van der Waals surface area contributed by atoms with Crippen LogP contribution in [0.15, 0.2) is 11.0 Å². The van der Waals surface area contributed by atoms with Crippen LogP contribution in [0.5, 0.6) is 0 Å². The van der Waals surface area contributed by atoms with Crippen molar-refractivity contribution in [2.75, 3.05) is 5.43 Å². The second-order valence-corrected chi connectivity index (χ2v) is 5.96. The van der Waals surface area contributed by atoms with Crippen LogP contribution in [-0.2, 0) is 10.0 Å². The number of nitrogens with zero attached hydrogens (tertiary/aromatic N) is 1. The number of halogens is 4. The molecule has 0 spiro atoms. The van der Waals surface area contributed by atoms with E-state index < -0.39 is 39.0 Å². The van der Waals surface area contributed by atoms with E-state index in [0.717, 1.165) is 0 Å². The molecule has 6 nitrogen and oxygen atoms in total. The van der Waals surface area contributed by atoms with Gasteiger partial charge in [0.1, 0.15) is 10.6 Å². The van der Waals surface area contributed by atoms with Gasteiger partial charge in [-0.05, 0) is 13.8 Å². The van der Waals surface area contributed by atoms with Gasteiger partial charge in [-0.1, -0.05) is 0 Å². The fourth-order valence-corrected chi connectivity index (χ4v) is 3.01. The largest absolute Gasteiger partial charge is 0.302 e. The summed E-state index contributed by atoms with van der Waals surface area (Å²) in [6.45, 7) is 2.80. The fraction of sp³-hybridized carbons (Fsp3) is 0.182. The Morgan fingerprint density at radius 1 is 1.09 bits per heavy atom. The number of nitrogens with one attached hydrogen (secondary N) is 3. The molecule has 0 aliphatic rings. The standard InChI is InChI=1S/C11H10F4N4O2S/c1-4-11(5(2)17-16-4)22(20,21)19-18-10-8(14)6(12)3-7(13)9(10)15/h3,18-19H,1-2H3,(H,16,17). The van der Waals surface area contributed by atoms with Gasteiger partial charge in [-0.15, -0.1) is 4.83 Å². The molecule has 0 saturated carbocycles. The van der Waals surface area contributed by atoms with Crippen molar-refractivity contribution >= 4 is 15.7 Å². The monoisotopic (exact) mass is 338 g/mol. The molecule has 0 aliphatic carbocycles. The zero-order chi connectivity index (χ0) is 16.7. The Hall–Kier alpha value is -2.14. The van der Waals surface area contributed by atoms with Gasteiger partial charge in [-0.25, -0.2) is 26.0 Å². The van der Waals surface area contributed by atoms with E-state index in [4.69, 9.17) is 0 Å². The van der Waals surface area contributed by atoms with E-state index in [1.807, 2.05) is 0 Å². The van der Waals surface area contributed by atoms with Crippen molar-refractivity contribution < 1.29 is 26.0 Å². The van der Waals surface area contributed by atoms with Gasteiger partial charge in [0, 0.05) is 6.07 Å². The number of rotatable bonds is 4. The minimum atomic E-state index is -4.27. The maximum atomic E-state index is 13.4. The van der Waals surface area contributed by atoms with E-state index in [1.54, 1.807) is 10.3 Å². The Morgan fingerprint density at radius 2 is 1.64 bits per heavy atom. The van der Waals surface area contributed by atoms with E-state index in [-0.39, 0.29) is 22.3 Å². The third-order valence-corrected chi connectivity index (χ3v) is 4.26. The molecule has 22 heavy (non-hydrogen) atoms. The Balaban J connectivity index is 2.35. The SMILES string of the molecule is Cc1n[nH]c(C)c1S(=O)(=O)NNc1c(F)c(F)cc(F)c1F. The predicted molar refractivity (Wildman–Crippen MR) is 68.3 cm³/mol. The molecule has 0 saturated heterocycles. The van der Waals surface area contributed by atoms with Crippen LogP contribution in [-0.4, -0.2) is 18.6 Å². The summed E-state index contributed by atoms with van der Waals surface area (Å²) in [5.74, 6) is -6.86. The number of benzene rings is 1. The molecule has 120 valence electrons. The highest BCUT2D eigenvalue weighted by Crippen LogP contribution is 2.24. The summed E-state index contributed by atoms with van der Waals surface area (Å²) >= 11 is 0. The number of aromatic amines is 1. The number of H-pyrrole nitrogens is 1. The third-order valence-electron chi connectivity index (χ3n) is 2.75. The van der Waals surface area contributed by atoms with Crippen LogP contribution >= 0.6 is 0 Å². The molecule has 0 fully saturated rings.